The second-order valence-corrected chi connectivity index (χ2v) is 8.81. The SMILES string of the molecule is Cc1nc(-c2nnn(C)c2COC(=O)N2CCC(F)(F)C2)ccc1O[C@H]1CCC[C@H](C(=O)O)C1. The fourth-order valence-corrected chi connectivity index (χ4v) is 4.31. The summed E-state index contributed by atoms with van der Waals surface area (Å²) in [5.41, 5.74) is 1.96. The smallest absolute Gasteiger partial charge is 0.410 e. The summed E-state index contributed by atoms with van der Waals surface area (Å²) in [6.45, 7) is 0.870. The number of hydrogen-bond donors (Lipinski definition) is 1. The molecule has 3 heterocycles. The van der Waals surface area contributed by atoms with Crippen molar-refractivity contribution in [3.63, 3.8) is 0 Å². The molecular weight excluding hydrogens is 452 g/mol. The Labute approximate surface area is 194 Å². The fraction of sp³-hybridized carbons (Fsp3) is 0.591. The molecule has 34 heavy (non-hydrogen) atoms. The first-order valence-corrected chi connectivity index (χ1v) is 11.2. The van der Waals surface area contributed by atoms with Crippen LogP contribution in [0.15, 0.2) is 12.1 Å². The van der Waals surface area contributed by atoms with E-state index in [0.29, 0.717) is 41.4 Å². The zero-order valence-corrected chi connectivity index (χ0v) is 19.0. The van der Waals surface area contributed by atoms with Gasteiger partial charge in [0.25, 0.3) is 5.92 Å². The van der Waals surface area contributed by atoms with Crippen LogP contribution in [0, 0.1) is 12.8 Å². The number of rotatable bonds is 6. The van der Waals surface area contributed by atoms with Gasteiger partial charge in [0.05, 0.1) is 30.0 Å². The molecule has 2 fully saturated rings. The number of hydrogen-bond acceptors (Lipinski definition) is 7. The summed E-state index contributed by atoms with van der Waals surface area (Å²) in [7, 11) is 1.63. The summed E-state index contributed by atoms with van der Waals surface area (Å²) in [6, 6.07) is 3.45. The maximum atomic E-state index is 13.4. The van der Waals surface area contributed by atoms with Gasteiger partial charge < -0.3 is 19.5 Å². The number of nitrogens with zero attached hydrogens (tertiary/aromatic N) is 5. The van der Waals surface area contributed by atoms with Crippen molar-refractivity contribution in [3.05, 3.63) is 23.5 Å². The van der Waals surface area contributed by atoms with Crippen LogP contribution in [0.3, 0.4) is 0 Å². The Balaban J connectivity index is 1.43. The number of carbonyl (C=O) groups excluding carboxylic acids is 1. The summed E-state index contributed by atoms with van der Waals surface area (Å²) in [6.07, 6.45) is 1.31. The van der Waals surface area contributed by atoms with E-state index in [1.807, 2.05) is 0 Å². The van der Waals surface area contributed by atoms with Crippen molar-refractivity contribution in [2.45, 2.75) is 57.7 Å². The van der Waals surface area contributed by atoms with Gasteiger partial charge in [-0.1, -0.05) is 5.21 Å². The highest BCUT2D eigenvalue weighted by molar-refractivity contribution is 5.70. The Morgan fingerprint density at radius 1 is 1.29 bits per heavy atom. The molecule has 1 N–H and O–H groups in total. The molecule has 0 unspecified atom stereocenters. The van der Waals surface area contributed by atoms with Crippen molar-refractivity contribution in [2.75, 3.05) is 13.1 Å². The average molecular weight is 479 g/mol. The predicted molar refractivity (Wildman–Crippen MR) is 114 cm³/mol. The second kappa shape index (κ2) is 9.51. The lowest BCUT2D eigenvalue weighted by molar-refractivity contribution is -0.143. The Bertz CT molecular complexity index is 1080. The molecule has 12 heteroatoms. The zero-order chi connectivity index (χ0) is 24.5. The molecule has 184 valence electrons. The van der Waals surface area contributed by atoms with E-state index < -0.39 is 30.4 Å². The maximum Gasteiger partial charge on any atom is 0.410 e. The van der Waals surface area contributed by atoms with E-state index in [0.717, 1.165) is 17.7 Å². The molecule has 1 saturated carbocycles. The lowest BCUT2D eigenvalue weighted by atomic mass is 9.87. The first kappa shape index (κ1) is 23.8. The van der Waals surface area contributed by atoms with Crippen LogP contribution >= 0.6 is 0 Å². The topological polar surface area (TPSA) is 120 Å². The number of likely N-dealkylation sites (tertiary alicyclic amines) is 1. The van der Waals surface area contributed by atoms with Crippen LogP contribution in [-0.2, 0) is 23.2 Å². The minimum Gasteiger partial charge on any atom is -0.489 e. The highest BCUT2D eigenvalue weighted by atomic mass is 19.3. The van der Waals surface area contributed by atoms with Gasteiger partial charge in [-0.2, -0.15) is 0 Å². The largest absolute Gasteiger partial charge is 0.489 e. The normalized spacial score (nSPS) is 21.9. The molecule has 4 rings (SSSR count). The van der Waals surface area contributed by atoms with Gasteiger partial charge in [0.2, 0.25) is 0 Å². The third kappa shape index (κ3) is 5.26. The van der Waals surface area contributed by atoms with E-state index in [1.165, 1.54) is 4.68 Å². The summed E-state index contributed by atoms with van der Waals surface area (Å²) < 4.78 is 39.5. The zero-order valence-electron chi connectivity index (χ0n) is 19.0. The molecule has 0 radical (unpaired) electrons. The van der Waals surface area contributed by atoms with Gasteiger partial charge in [-0.05, 0) is 44.7 Å². The Kier molecular flexibility index (Phi) is 6.67. The molecule has 2 atom stereocenters. The molecule has 0 bridgehead atoms. The van der Waals surface area contributed by atoms with Crippen LogP contribution in [-0.4, -0.2) is 67.2 Å². The number of ether oxygens (including phenoxy) is 2. The van der Waals surface area contributed by atoms with Crippen molar-refractivity contribution in [1.82, 2.24) is 24.9 Å². The number of aromatic nitrogens is 4. The number of carboxylic acid groups (broad SMARTS) is 1. The highest BCUT2D eigenvalue weighted by Crippen LogP contribution is 2.31. The van der Waals surface area contributed by atoms with E-state index in [-0.39, 0.29) is 25.7 Å². The van der Waals surface area contributed by atoms with Crippen LogP contribution in [0.1, 0.15) is 43.5 Å². The second-order valence-electron chi connectivity index (χ2n) is 8.81. The molecule has 10 nitrogen and oxygen atoms in total. The van der Waals surface area contributed by atoms with E-state index in [1.54, 1.807) is 26.1 Å². The van der Waals surface area contributed by atoms with Crippen LogP contribution < -0.4 is 4.74 Å². The first-order chi connectivity index (χ1) is 16.1. The monoisotopic (exact) mass is 479 g/mol. The number of amides is 1. The number of aliphatic carboxylic acids is 1. The van der Waals surface area contributed by atoms with Gasteiger partial charge in [0.15, 0.2) is 0 Å². The molecule has 1 saturated heterocycles. The molecule has 1 aliphatic heterocycles. The molecule has 0 spiro atoms. The van der Waals surface area contributed by atoms with Crippen molar-refractivity contribution in [3.8, 4) is 17.1 Å². The van der Waals surface area contributed by atoms with E-state index in [4.69, 9.17) is 9.47 Å². The highest BCUT2D eigenvalue weighted by Gasteiger charge is 2.41. The van der Waals surface area contributed by atoms with Crippen LogP contribution in [0.2, 0.25) is 0 Å². The summed E-state index contributed by atoms with van der Waals surface area (Å²) in [4.78, 5) is 29.0. The lowest BCUT2D eigenvalue weighted by Gasteiger charge is -2.27. The third-order valence-electron chi connectivity index (χ3n) is 6.25. The van der Waals surface area contributed by atoms with Crippen LogP contribution in [0.4, 0.5) is 13.6 Å². The minimum absolute atomic E-state index is 0.0568. The van der Waals surface area contributed by atoms with Crippen molar-refractivity contribution in [1.29, 1.82) is 0 Å². The minimum atomic E-state index is -2.89. The summed E-state index contributed by atoms with van der Waals surface area (Å²) >= 11 is 0. The van der Waals surface area contributed by atoms with Crippen molar-refractivity contribution < 1.29 is 33.0 Å². The van der Waals surface area contributed by atoms with Gasteiger partial charge >= 0.3 is 12.1 Å². The molecule has 2 aliphatic rings. The summed E-state index contributed by atoms with van der Waals surface area (Å²) in [5, 5.41) is 17.4. The average Bonchev–Trinajstić information content (AvgIpc) is 3.35. The van der Waals surface area contributed by atoms with Crippen molar-refractivity contribution in [2.24, 2.45) is 13.0 Å². The Hall–Kier alpha value is -3.31. The number of pyridine rings is 1. The first-order valence-electron chi connectivity index (χ1n) is 11.2. The molecule has 2 aromatic heterocycles. The Morgan fingerprint density at radius 3 is 2.76 bits per heavy atom. The van der Waals surface area contributed by atoms with Crippen LogP contribution in [0.5, 0.6) is 5.75 Å². The molecule has 2 aromatic rings. The van der Waals surface area contributed by atoms with Crippen molar-refractivity contribution >= 4 is 12.1 Å². The number of carbonyl (C=O) groups is 2. The van der Waals surface area contributed by atoms with E-state index in [9.17, 15) is 23.5 Å². The quantitative estimate of drug-likeness (QED) is 0.671. The van der Waals surface area contributed by atoms with Gasteiger partial charge in [-0.3, -0.25) is 4.79 Å². The van der Waals surface area contributed by atoms with Crippen LogP contribution in [0.25, 0.3) is 11.4 Å². The molecule has 1 aliphatic carbocycles. The number of halogens is 2. The number of aryl methyl sites for hydroxylation is 2. The fourth-order valence-electron chi connectivity index (χ4n) is 4.31. The van der Waals surface area contributed by atoms with E-state index >= 15 is 0 Å². The maximum absolute atomic E-state index is 13.4. The van der Waals surface area contributed by atoms with Gasteiger partial charge in [0.1, 0.15) is 23.7 Å². The molecular formula is C22H27F2N5O5. The van der Waals surface area contributed by atoms with E-state index in [2.05, 4.69) is 15.3 Å². The number of carboxylic acids is 1. The molecule has 1 amide bonds. The molecule has 0 aromatic carbocycles. The van der Waals surface area contributed by atoms with Gasteiger partial charge in [0, 0.05) is 20.0 Å². The predicted octanol–water partition coefficient (Wildman–Crippen LogP) is 3.19. The lowest BCUT2D eigenvalue weighted by Crippen LogP contribution is -2.32. The van der Waals surface area contributed by atoms with Gasteiger partial charge in [-0.15, -0.1) is 5.10 Å². The third-order valence-corrected chi connectivity index (χ3v) is 6.25. The summed E-state index contributed by atoms with van der Waals surface area (Å²) in [5.74, 6) is -3.53. The van der Waals surface area contributed by atoms with Gasteiger partial charge in [-0.25, -0.2) is 23.2 Å². The Morgan fingerprint density at radius 2 is 2.09 bits per heavy atom. The number of alkyl halides is 2. The standard InChI is InChI=1S/C22H27F2N5O5/c1-13-18(34-15-5-3-4-14(10-15)20(30)31)7-6-16(25-13)19-17(28(2)27-26-19)11-33-21(32)29-9-8-22(23,24)12-29/h6-7,14-15H,3-5,8-12H2,1-2H3,(H,30,31)/t14-,15-/m0/s1.